The minimum atomic E-state index is -0.241. The Kier molecular flexibility index (Phi) is 6.49. The molecule has 0 aliphatic carbocycles. The molecule has 166 valence electrons. The Morgan fingerprint density at radius 2 is 1.75 bits per heavy atom. The number of aryl methyl sites for hydroxylation is 3. The van der Waals surface area contributed by atoms with Gasteiger partial charge in [0, 0.05) is 49.4 Å². The first-order valence-electron chi connectivity index (χ1n) is 11.1. The van der Waals surface area contributed by atoms with Gasteiger partial charge in [0.05, 0.1) is 0 Å². The van der Waals surface area contributed by atoms with E-state index in [-0.39, 0.29) is 11.7 Å². The Bertz CT molecular complexity index is 1110. The fraction of sp³-hybridized carbons (Fsp3) is 0.346. The van der Waals surface area contributed by atoms with E-state index in [4.69, 9.17) is 4.98 Å². The third-order valence-corrected chi connectivity index (χ3v) is 5.95. The van der Waals surface area contributed by atoms with Crippen LogP contribution in [0.4, 0.5) is 10.2 Å². The molecule has 0 saturated carbocycles. The van der Waals surface area contributed by atoms with Gasteiger partial charge in [-0.15, -0.1) is 0 Å². The lowest BCUT2D eigenvalue weighted by Crippen LogP contribution is -2.35. The lowest BCUT2D eigenvalue weighted by molar-refractivity contribution is 0.0767. The van der Waals surface area contributed by atoms with E-state index in [0.717, 1.165) is 52.6 Å². The number of carbonyl (C=O) groups is 1. The minimum absolute atomic E-state index is 0.0712. The summed E-state index contributed by atoms with van der Waals surface area (Å²) < 4.78 is 13.7. The maximum absolute atomic E-state index is 13.7. The number of amides is 1. The number of carbonyl (C=O) groups excluding carboxylic acids is 1. The Morgan fingerprint density at radius 3 is 2.50 bits per heavy atom. The minimum Gasteiger partial charge on any atom is -0.354 e. The fourth-order valence-electron chi connectivity index (χ4n) is 4.25. The number of halogens is 1. The maximum atomic E-state index is 13.7. The van der Waals surface area contributed by atoms with Gasteiger partial charge in [-0.05, 0) is 57.0 Å². The van der Waals surface area contributed by atoms with Gasteiger partial charge in [0.25, 0.3) is 5.91 Å². The molecule has 0 N–H and O–H groups in total. The van der Waals surface area contributed by atoms with Crippen molar-refractivity contribution in [2.45, 2.75) is 33.6 Å². The van der Waals surface area contributed by atoms with Crippen molar-refractivity contribution in [1.29, 1.82) is 0 Å². The maximum Gasteiger partial charge on any atom is 0.253 e. The molecular formula is C26H29FN4O. The highest BCUT2D eigenvalue weighted by Crippen LogP contribution is 2.25. The predicted molar refractivity (Wildman–Crippen MR) is 125 cm³/mol. The molecule has 32 heavy (non-hydrogen) atoms. The second-order valence-corrected chi connectivity index (χ2v) is 8.46. The van der Waals surface area contributed by atoms with Gasteiger partial charge in [-0.2, -0.15) is 0 Å². The molecule has 1 fully saturated rings. The van der Waals surface area contributed by atoms with Gasteiger partial charge >= 0.3 is 0 Å². The number of hydrogen-bond donors (Lipinski definition) is 0. The number of aromatic nitrogens is 2. The van der Waals surface area contributed by atoms with Gasteiger partial charge in [-0.3, -0.25) is 4.79 Å². The van der Waals surface area contributed by atoms with E-state index in [9.17, 15) is 9.18 Å². The third-order valence-electron chi connectivity index (χ3n) is 5.95. The lowest BCUT2D eigenvalue weighted by Gasteiger charge is -2.26. The Morgan fingerprint density at radius 1 is 0.969 bits per heavy atom. The van der Waals surface area contributed by atoms with Crippen molar-refractivity contribution in [3.8, 4) is 0 Å². The third kappa shape index (κ3) is 4.96. The van der Waals surface area contributed by atoms with Crippen LogP contribution in [0.5, 0.6) is 0 Å². The van der Waals surface area contributed by atoms with Crippen molar-refractivity contribution in [1.82, 2.24) is 14.9 Å². The molecule has 0 spiro atoms. The first-order chi connectivity index (χ1) is 15.4. The lowest BCUT2D eigenvalue weighted by atomic mass is 10.0. The SMILES string of the molecule is Cc1ccc(C(=O)N2CCCN(c3nc(C)nc(C)c3Cc3cccc(F)c3)CC2)cc1. The average molecular weight is 433 g/mol. The van der Waals surface area contributed by atoms with E-state index in [2.05, 4.69) is 9.88 Å². The molecule has 5 nitrogen and oxygen atoms in total. The van der Waals surface area contributed by atoms with Crippen molar-refractivity contribution < 1.29 is 9.18 Å². The highest BCUT2D eigenvalue weighted by molar-refractivity contribution is 5.94. The molecule has 3 aromatic rings. The second-order valence-electron chi connectivity index (χ2n) is 8.46. The molecule has 0 bridgehead atoms. The molecule has 6 heteroatoms. The number of nitrogens with zero attached hydrogens (tertiary/aromatic N) is 4. The van der Waals surface area contributed by atoms with Crippen LogP contribution < -0.4 is 4.90 Å². The van der Waals surface area contributed by atoms with E-state index in [1.54, 1.807) is 12.1 Å². The van der Waals surface area contributed by atoms with Crippen LogP contribution in [0.25, 0.3) is 0 Å². The molecule has 1 aliphatic rings. The van der Waals surface area contributed by atoms with Crippen molar-refractivity contribution >= 4 is 11.7 Å². The zero-order valence-electron chi connectivity index (χ0n) is 18.9. The van der Waals surface area contributed by atoms with Crippen LogP contribution >= 0.6 is 0 Å². The molecule has 4 rings (SSSR count). The van der Waals surface area contributed by atoms with Crippen LogP contribution in [0.1, 0.15) is 45.0 Å². The quantitative estimate of drug-likeness (QED) is 0.610. The molecule has 1 aromatic heterocycles. The van der Waals surface area contributed by atoms with Gasteiger partial charge < -0.3 is 9.80 Å². The Balaban J connectivity index is 1.56. The van der Waals surface area contributed by atoms with Crippen LogP contribution in [0.15, 0.2) is 48.5 Å². The van der Waals surface area contributed by atoms with Gasteiger partial charge in [0.1, 0.15) is 17.5 Å². The van der Waals surface area contributed by atoms with E-state index >= 15 is 0 Å². The van der Waals surface area contributed by atoms with E-state index in [0.29, 0.717) is 26.1 Å². The van der Waals surface area contributed by atoms with Crippen LogP contribution in [0.3, 0.4) is 0 Å². The topological polar surface area (TPSA) is 49.3 Å². The van der Waals surface area contributed by atoms with E-state index in [1.165, 1.54) is 6.07 Å². The fourth-order valence-corrected chi connectivity index (χ4v) is 4.25. The van der Waals surface area contributed by atoms with Crippen LogP contribution in [-0.2, 0) is 6.42 Å². The predicted octanol–water partition coefficient (Wildman–Crippen LogP) is 4.48. The molecule has 1 aliphatic heterocycles. The van der Waals surface area contributed by atoms with Gasteiger partial charge in [0.15, 0.2) is 0 Å². The van der Waals surface area contributed by atoms with E-state index < -0.39 is 0 Å². The van der Waals surface area contributed by atoms with Crippen molar-refractivity contribution in [3.05, 3.63) is 88.1 Å². The highest BCUT2D eigenvalue weighted by Gasteiger charge is 2.23. The van der Waals surface area contributed by atoms with Crippen molar-refractivity contribution in [3.63, 3.8) is 0 Å². The number of anilines is 1. The molecule has 2 aromatic carbocycles. The normalized spacial score (nSPS) is 14.4. The molecule has 0 atom stereocenters. The molecule has 0 radical (unpaired) electrons. The largest absolute Gasteiger partial charge is 0.354 e. The van der Waals surface area contributed by atoms with Crippen molar-refractivity contribution in [2.24, 2.45) is 0 Å². The van der Waals surface area contributed by atoms with Crippen molar-refractivity contribution in [2.75, 3.05) is 31.1 Å². The van der Waals surface area contributed by atoms with Crippen LogP contribution in [0, 0.1) is 26.6 Å². The molecule has 2 heterocycles. The second kappa shape index (κ2) is 9.47. The smallest absolute Gasteiger partial charge is 0.253 e. The summed E-state index contributed by atoms with van der Waals surface area (Å²) in [6.07, 6.45) is 1.43. The zero-order chi connectivity index (χ0) is 22.7. The first-order valence-corrected chi connectivity index (χ1v) is 11.1. The van der Waals surface area contributed by atoms with Crippen LogP contribution in [0.2, 0.25) is 0 Å². The standard InChI is InChI=1S/C26H29FN4O/c1-18-8-10-22(11-9-18)26(32)31-13-5-12-30(14-15-31)25-24(19(2)28-20(3)29-25)17-21-6-4-7-23(27)16-21/h4,6-11,16H,5,12-15,17H2,1-3H3. The zero-order valence-corrected chi connectivity index (χ0v) is 18.9. The summed E-state index contributed by atoms with van der Waals surface area (Å²) in [6, 6.07) is 14.4. The summed E-state index contributed by atoms with van der Waals surface area (Å²) >= 11 is 0. The molecular weight excluding hydrogens is 403 g/mol. The summed E-state index contributed by atoms with van der Waals surface area (Å²) in [5, 5.41) is 0. The van der Waals surface area contributed by atoms with Gasteiger partial charge in [-0.25, -0.2) is 14.4 Å². The van der Waals surface area contributed by atoms with E-state index in [1.807, 2.05) is 56.0 Å². The summed E-state index contributed by atoms with van der Waals surface area (Å²) in [5.41, 5.74) is 4.69. The summed E-state index contributed by atoms with van der Waals surface area (Å²) in [7, 11) is 0. The van der Waals surface area contributed by atoms with Crippen LogP contribution in [-0.4, -0.2) is 47.0 Å². The summed E-state index contributed by atoms with van der Waals surface area (Å²) in [6.45, 7) is 8.75. The number of rotatable bonds is 4. The summed E-state index contributed by atoms with van der Waals surface area (Å²) in [5.74, 6) is 1.44. The first kappa shape index (κ1) is 21.9. The molecule has 0 unspecified atom stereocenters. The molecule has 1 saturated heterocycles. The van der Waals surface area contributed by atoms with Gasteiger partial charge in [-0.1, -0.05) is 29.8 Å². The molecule has 1 amide bonds. The number of benzene rings is 2. The monoisotopic (exact) mass is 432 g/mol. The Labute approximate surface area is 188 Å². The summed E-state index contributed by atoms with van der Waals surface area (Å²) in [4.78, 5) is 26.5. The average Bonchev–Trinajstić information content (AvgIpc) is 3.02. The highest BCUT2D eigenvalue weighted by atomic mass is 19.1. The van der Waals surface area contributed by atoms with Gasteiger partial charge in [0.2, 0.25) is 0 Å². The number of hydrogen-bond acceptors (Lipinski definition) is 4. The Hall–Kier alpha value is -3.28.